The monoisotopic (exact) mass is 373 g/mol. The van der Waals surface area contributed by atoms with Gasteiger partial charge in [-0.2, -0.15) is 0 Å². The van der Waals surface area contributed by atoms with Gasteiger partial charge in [0.2, 0.25) is 0 Å². The van der Waals surface area contributed by atoms with Crippen LogP contribution >= 0.6 is 11.6 Å². The van der Waals surface area contributed by atoms with Gasteiger partial charge in [0.1, 0.15) is 0 Å². The lowest BCUT2D eigenvalue weighted by Crippen LogP contribution is -2.25. The summed E-state index contributed by atoms with van der Waals surface area (Å²) in [6.45, 7) is 3.13. The number of H-pyrrole nitrogens is 1. The first-order valence-electron chi connectivity index (χ1n) is 7.79. The van der Waals surface area contributed by atoms with Crippen molar-refractivity contribution in [3.63, 3.8) is 0 Å². The van der Waals surface area contributed by atoms with E-state index in [1.165, 1.54) is 24.1 Å². The van der Waals surface area contributed by atoms with Gasteiger partial charge < -0.3 is 9.72 Å². The topological polar surface area (TPSA) is 94.1 Å². The van der Waals surface area contributed by atoms with E-state index in [9.17, 15) is 14.4 Å². The molecule has 0 saturated carbocycles. The van der Waals surface area contributed by atoms with Gasteiger partial charge in [0, 0.05) is 10.7 Å². The number of ketones is 1. The van der Waals surface area contributed by atoms with E-state index in [-0.39, 0.29) is 23.6 Å². The third kappa shape index (κ3) is 3.01. The number of esters is 1. The van der Waals surface area contributed by atoms with Crippen molar-refractivity contribution in [2.75, 3.05) is 7.11 Å². The summed E-state index contributed by atoms with van der Waals surface area (Å²) in [4.78, 5) is 44.2. The van der Waals surface area contributed by atoms with E-state index >= 15 is 0 Å². The minimum Gasteiger partial charge on any atom is -0.465 e. The van der Waals surface area contributed by atoms with Crippen molar-refractivity contribution in [1.82, 2.24) is 14.5 Å². The summed E-state index contributed by atoms with van der Waals surface area (Å²) in [7, 11) is 1.28. The number of fused-ring (bicyclic) bond motifs is 1. The number of methoxy groups -OCH3 is 1. The van der Waals surface area contributed by atoms with Crippen LogP contribution in [0.4, 0.5) is 0 Å². The Morgan fingerprint density at radius 2 is 2.04 bits per heavy atom. The molecule has 0 spiro atoms. The molecular formula is C18H16ClN3O4. The van der Waals surface area contributed by atoms with Gasteiger partial charge in [0.15, 0.2) is 5.78 Å². The number of nitrogens with zero attached hydrogens (tertiary/aromatic N) is 2. The summed E-state index contributed by atoms with van der Waals surface area (Å²) in [5.41, 5.74) is 1.76. The van der Waals surface area contributed by atoms with Crippen molar-refractivity contribution < 1.29 is 14.3 Å². The zero-order valence-electron chi connectivity index (χ0n) is 14.4. The largest absolute Gasteiger partial charge is 0.465 e. The molecule has 8 heteroatoms. The van der Waals surface area contributed by atoms with Gasteiger partial charge in [-0.3, -0.25) is 14.2 Å². The van der Waals surface area contributed by atoms with E-state index in [1.807, 2.05) is 0 Å². The van der Waals surface area contributed by atoms with Gasteiger partial charge >= 0.3 is 5.97 Å². The Hall–Kier alpha value is -2.93. The fourth-order valence-electron chi connectivity index (χ4n) is 2.91. The Bertz CT molecular complexity index is 1100. The van der Waals surface area contributed by atoms with Crippen LogP contribution in [0.5, 0.6) is 0 Å². The second-order valence-electron chi connectivity index (χ2n) is 5.88. The Labute approximate surface area is 153 Å². The molecule has 0 bridgehead atoms. The average Bonchev–Trinajstić information content (AvgIpc) is 2.91. The predicted octanol–water partition coefficient (Wildman–Crippen LogP) is 2.66. The lowest BCUT2D eigenvalue weighted by molar-refractivity contribution is 0.0599. The van der Waals surface area contributed by atoms with Crippen LogP contribution in [0, 0.1) is 13.8 Å². The summed E-state index contributed by atoms with van der Waals surface area (Å²) in [6.07, 6.45) is 1.32. The minimum atomic E-state index is -0.519. The summed E-state index contributed by atoms with van der Waals surface area (Å²) >= 11 is 5.94. The number of aromatic amines is 1. The van der Waals surface area contributed by atoms with Gasteiger partial charge in [0.25, 0.3) is 5.56 Å². The second kappa shape index (κ2) is 6.76. The Balaban J connectivity index is 1.99. The highest BCUT2D eigenvalue weighted by molar-refractivity contribution is 6.31. The smallest absolute Gasteiger partial charge is 0.339 e. The number of aromatic nitrogens is 3. The zero-order chi connectivity index (χ0) is 19.0. The van der Waals surface area contributed by atoms with Crippen molar-refractivity contribution >= 4 is 34.3 Å². The standard InChI is InChI=1S/C18H16ClN3O4/c1-9-15(18(25)26-3)10(2)21-16(9)14(23)7-22-8-20-13-5-4-11(19)6-12(13)17(22)24/h4-6,8,21H,7H2,1-3H3. The van der Waals surface area contributed by atoms with Crippen LogP contribution in [0.3, 0.4) is 0 Å². The first-order chi connectivity index (χ1) is 12.3. The Morgan fingerprint density at radius 1 is 1.31 bits per heavy atom. The van der Waals surface area contributed by atoms with Crippen LogP contribution in [0.25, 0.3) is 10.9 Å². The van der Waals surface area contributed by atoms with Gasteiger partial charge in [0.05, 0.1) is 42.1 Å². The molecule has 0 aliphatic heterocycles. The first-order valence-corrected chi connectivity index (χ1v) is 8.16. The maximum atomic E-state index is 12.7. The summed E-state index contributed by atoms with van der Waals surface area (Å²) in [5.74, 6) is -0.861. The van der Waals surface area contributed by atoms with Gasteiger partial charge in [-0.1, -0.05) is 11.6 Å². The van der Waals surface area contributed by atoms with E-state index in [4.69, 9.17) is 16.3 Å². The molecule has 0 atom stereocenters. The molecule has 134 valence electrons. The molecule has 0 saturated heterocycles. The van der Waals surface area contributed by atoms with E-state index in [0.717, 1.165) is 0 Å². The molecule has 7 nitrogen and oxygen atoms in total. The number of rotatable bonds is 4. The van der Waals surface area contributed by atoms with Gasteiger partial charge in [-0.05, 0) is 37.6 Å². The zero-order valence-corrected chi connectivity index (χ0v) is 15.2. The highest BCUT2D eigenvalue weighted by Gasteiger charge is 2.23. The van der Waals surface area contributed by atoms with E-state index < -0.39 is 5.97 Å². The van der Waals surface area contributed by atoms with Crippen LogP contribution in [0.1, 0.15) is 32.1 Å². The Kier molecular flexibility index (Phi) is 4.65. The minimum absolute atomic E-state index is 0.213. The lowest BCUT2D eigenvalue weighted by Gasteiger charge is -2.06. The molecule has 1 N–H and O–H groups in total. The lowest BCUT2D eigenvalue weighted by atomic mass is 10.1. The number of benzene rings is 1. The molecule has 0 amide bonds. The normalized spacial score (nSPS) is 10.9. The molecule has 0 aliphatic rings. The number of Topliss-reactive ketones (excluding diaryl/α,β-unsaturated/α-hetero) is 1. The highest BCUT2D eigenvalue weighted by atomic mass is 35.5. The van der Waals surface area contributed by atoms with Crippen molar-refractivity contribution in [3.05, 3.63) is 62.4 Å². The molecule has 3 rings (SSSR count). The molecule has 0 unspecified atom stereocenters. The maximum Gasteiger partial charge on any atom is 0.339 e. The molecule has 3 aromatic rings. The molecular weight excluding hydrogens is 358 g/mol. The quantitative estimate of drug-likeness (QED) is 0.560. The van der Waals surface area contributed by atoms with Gasteiger partial charge in [-0.15, -0.1) is 0 Å². The summed E-state index contributed by atoms with van der Waals surface area (Å²) < 4.78 is 5.96. The van der Waals surface area contributed by atoms with E-state index in [0.29, 0.717) is 32.7 Å². The van der Waals surface area contributed by atoms with Crippen LogP contribution in [0.15, 0.2) is 29.3 Å². The van der Waals surface area contributed by atoms with E-state index in [2.05, 4.69) is 9.97 Å². The van der Waals surface area contributed by atoms with Crippen LogP contribution in [0.2, 0.25) is 5.02 Å². The fourth-order valence-corrected chi connectivity index (χ4v) is 3.09. The molecule has 2 heterocycles. The molecule has 2 aromatic heterocycles. The molecule has 0 radical (unpaired) electrons. The first kappa shape index (κ1) is 17.9. The third-order valence-electron chi connectivity index (χ3n) is 4.21. The average molecular weight is 374 g/mol. The molecule has 1 aromatic carbocycles. The Morgan fingerprint density at radius 3 is 2.73 bits per heavy atom. The number of hydrogen-bond acceptors (Lipinski definition) is 5. The molecule has 0 aliphatic carbocycles. The fraction of sp³-hybridized carbons (Fsp3) is 0.222. The second-order valence-corrected chi connectivity index (χ2v) is 6.32. The number of hydrogen-bond donors (Lipinski definition) is 1. The number of nitrogens with one attached hydrogen (secondary N) is 1. The van der Waals surface area contributed by atoms with Crippen molar-refractivity contribution in [2.24, 2.45) is 0 Å². The van der Waals surface area contributed by atoms with Crippen LogP contribution in [-0.4, -0.2) is 33.4 Å². The van der Waals surface area contributed by atoms with Crippen molar-refractivity contribution in [3.8, 4) is 0 Å². The van der Waals surface area contributed by atoms with Crippen LogP contribution in [-0.2, 0) is 11.3 Å². The van der Waals surface area contributed by atoms with Crippen LogP contribution < -0.4 is 5.56 Å². The SMILES string of the molecule is COC(=O)c1c(C)[nH]c(C(=O)Cn2cnc3ccc(Cl)cc3c2=O)c1C. The number of carbonyl (C=O) groups is 2. The molecule has 0 fully saturated rings. The number of aryl methyl sites for hydroxylation is 1. The van der Waals surface area contributed by atoms with Gasteiger partial charge in [-0.25, -0.2) is 9.78 Å². The van der Waals surface area contributed by atoms with E-state index in [1.54, 1.807) is 26.0 Å². The summed E-state index contributed by atoms with van der Waals surface area (Å²) in [6, 6.07) is 4.81. The number of ether oxygens (including phenoxy) is 1. The summed E-state index contributed by atoms with van der Waals surface area (Å²) in [5, 5.41) is 0.751. The highest BCUT2D eigenvalue weighted by Crippen LogP contribution is 2.20. The van der Waals surface area contributed by atoms with Crippen molar-refractivity contribution in [2.45, 2.75) is 20.4 Å². The van der Waals surface area contributed by atoms with Crippen molar-refractivity contribution in [1.29, 1.82) is 0 Å². The molecule has 26 heavy (non-hydrogen) atoms. The maximum absolute atomic E-state index is 12.7. The predicted molar refractivity (Wildman–Crippen MR) is 96.9 cm³/mol. The third-order valence-corrected chi connectivity index (χ3v) is 4.44. The number of carbonyl (C=O) groups excluding carboxylic acids is 2. The number of halogens is 1.